The first-order valence-electron chi connectivity index (χ1n) is 6.60. The summed E-state index contributed by atoms with van der Waals surface area (Å²) in [5.74, 6) is 0.539. The number of nitro benzene ring substituents is 2. The molecule has 2 N–H and O–H groups in total. The fourth-order valence-corrected chi connectivity index (χ4v) is 2.07. The summed E-state index contributed by atoms with van der Waals surface area (Å²) >= 11 is 0. The standard InChI is InChI=1S/C14H9N5O5/c20-12-3-1-8(2-4-12)13-15-14(17-16-13)9-5-10(18(21)22)7-11(6-9)19(23)24/h1-7,20H,(H,15,16,17). The molecular weight excluding hydrogens is 318 g/mol. The average molecular weight is 327 g/mol. The molecule has 0 aliphatic carbocycles. The molecule has 0 saturated heterocycles. The average Bonchev–Trinajstić information content (AvgIpc) is 3.05. The van der Waals surface area contributed by atoms with E-state index in [1.165, 1.54) is 12.1 Å². The molecule has 3 aromatic rings. The van der Waals surface area contributed by atoms with Gasteiger partial charge in [0.15, 0.2) is 11.6 Å². The summed E-state index contributed by atoms with van der Waals surface area (Å²) in [7, 11) is 0. The first kappa shape index (κ1) is 15.1. The molecule has 0 unspecified atom stereocenters. The minimum absolute atomic E-state index is 0.0878. The monoisotopic (exact) mass is 327 g/mol. The van der Waals surface area contributed by atoms with Crippen molar-refractivity contribution in [2.24, 2.45) is 0 Å². The number of hydrogen-bond donors (Lipinski definition) is 2. The lowest BCUT2D eigenvalue weighted by Gasteiger charge is -1.98. The molecule has 1 heterocycles. The van der Waals surface area contributed by atoms with Gasteiger partial charge in [-0.2, -0.15) is 5.10 Å². The topological polar surface area (TPSA) is 148 Å². The second kappa shape index (κ2) is 5.76. The first-order chi connectivity index (χ1) is 11.4. The van der Waals surface area contributed by atoms with E-state index in [4.69, 9.17) is 0 Å². The van der Waals surface area contributed by atoms with E-state index in [1.54, 1.807) is 12.1 Å². The molecule has 0 aliphatic heterocycles. The van der Waals surface area contributed by atoms with Gasteiger partial charge in [-0.05, 0) is 24.3 Å². The van der Waals surface area contributed by atoms with Crippen LogP contribution in [0.25, 0.3) is 22.8 Å². The number of nitrogens with zero attached hydrogens (tertiary/aromatic N) is 4. The van der Waals surface area contributed by atoms with E-state index in [9.17, 15) is 25.3 Å². The zero-order chi connectivity index (χ0) is 17.3. The van der Waals surface area contributed by atoms with Crippen LogP contribution >= 0.6 is 0 Å². The van der Waals surface area contributed by atoms with Crippen molar-refractivity contribution in [1.29, 1.82) is 0 Å². The Balaban J connectivity index is 2.04. The van der Waals surface area contributed by atoms with Gasteiger partial charge in [-0.1, -0.05) is 0 Å². The highest BCUT2D eigenvalue weighted by Crippen LogP contribution is 2.29. The van der Waals surface area contributed by atoms with Crippen LogP contribution < -0.4 is 0 Å². The maximum Gasteiger partial charge on any atom is 0.277 e. The van der Waals surface area contributed by atoms with E-state index in [0.29, 0.717) is 11.4 Å². The van der Waals surface area contributed by atoms with Crippen molar-refractivity contribution in [1.82, 2.24) is 15.2 Å². The number of aromatic nitrogens is 3. The summed E-state index contributed by atoms with van der Waals surface area (Å²) in [6.07, 6.45) is 0. The third-order valence-electron chi connectivity index (χ3n) is 3.21. The van der Waals surface area contributed by atoms with E-state index in [0.717, 1.165) is 18.2 Å². The summed E-state index contributed by atoms with van der Waals surface area (Å²) in [5.41, 5.74) is -0.0611. The minimum atomic E-state index is -0.718. The number of benzene rings is 2. The molecule has 0 spiro atoms. The zero-order valence-corrected chi connectivity index (χ0v) is 11.9. The van der Waals surface area contributed by atoms with Gasteiger partial charge in [0, 0.05) is 23.3 Å². The van der Waals surface area contributed by atoms with Gasteiger partial charge in [0.2, 0.25) is 0 Å². The van der Waals surface area contributed by atoms with Crippen LogP contribution in [0.4, 0.5) is 11.4 Å². The second-order valence-corrected chi connectivity index (χ2v) is 4.81. The van der Waals surface area contributed by atoms with Gasteiger partial charge in [-0.15, -0.1) is 0 Å². The molecule has 2 aromatic carbocycles. The maximum atomic E-state index is 10.9. The number of rotatable bonds is 4. The molecule has 0 bridgehead atoms. The van der Waals surface area contributed by atoms with Crippen LogP contribution in [0.1, 0.15) is 0 Å². The number of phenols is 1. The smallest absolute Gasteiger partial charge is 0.277 e. The number of H-pyrrole nitrogens is 1. The van der Waals surface area contributed by atoms with Gasteiger partial charge in [0.1, 0.15) is 5.75 Å². The van der Waals surface area contributed by atoms with E-state index in [-0.39, 0.29) is 17.1 Å². The Morgan fingerprint density at radius 3 is 2.04 bits per heavy atom. The highest BCUT2D eigenvalue weighted by atomic mass is 16.6. The van der Waals surface area contributed by atoms with Crippen molar-refractivity contribution >= 4 is 11.4 Å². The molecule has 24 heavy (non-hydrogen) atoms. The summed E-state index contributed by atoms with van der Waals surface area (Å²) in [6, 6.07) is 9.35. The molecule has 10 nitrogen and oxygen atoms in total. The maximum absolute atomic E-state index is 10.9. The third kappa shape index (κ3) is 2.88. The molecule has 10 heteroatoms. The van der Waals surface area contributed by atoms with Crippen LogP contribution in [0, 0.1) is 20.2 Å². The van der Waals surface area contributed by atoms with Gasteiger partial charge >= 0.3 is 0 Å². The molecule has 0 radical (unpaired) electrons. The van der Waals surface area contributed by atoms with Crippen molar-refractivity contribution in [3.63, 3.8) is 0 Å². The Morgan fingerprint density at radius 1 is 0.917 bits per heavy atom. The summed E-state index contributed by atoms with van der Waals surface area (Å²) in [4.78, 5) is 24.6. The van der Waals surface area contributed by atoms with Crippen LogP contribution in [0.2, 0.25) is 0 Å². The molecule has 0 aliphatic rings. The quantitative estimate of drug-likeness (QED) is 0.552. The number of hydrogen-bond acceptors (Lipinski definition) is 7. The van der Waals surface area contributed by atoms with E-state index < -0.39 is 21.2 Å². The van der Waals surface area contributed by atoms with Crippen LogP contribution in [0.15, 0.2) is 42.5 Å². The van der Waals surface area contributed by atoms with Crippen LogP contribution in [0.3, 0.4) is 0 Å². The molecule has 0 fully saturated rings. The predicted molar refractivity (Wildman–Crippen MR) is 82.2 cm³/mol. The highest BCUT2D eigenvalue weighted by molar-refractivity contribution is 5.66. The van der Waals surface area contributed by atoms with E-state index in [1.807, 2.05) is 0 Å². The summed E-state index contributed by atoms with van der Waals surface area (Å²) in [6.45, 7) is 0. The summed E-state index contributed by atoms with van der Waals surface area (Å²) < 4.78 is 0. The second-order valence-electron chi connectivity index (χ2n) is 4.81. The number of nitrogens with one attached hydrogen (secondary N) is 1. The molecule has 0 saturated carbocycles. The first-order valence-corrected chi connectivity index (χ1v) is 6.60. The number of phenolic OH excluding ortho intramolecular Hbond substituents is 1. The number of nitro groups is 2. The van der Waals surface area contributed by atoms with Crippen LogP contribution in [-0.2, 0) is 0 Å². The predicted octanol–water partition coefficient (Wildman–Crippen LogP) is 2.66. The third-order valence-corrected chi connectivity index (χ3v) is 3.21. The lowest BCUT2D eigenvalue weighted by Crippen LogP contribution is -1.94. The molecule has 0 amide bonds. The Hall–Kier alpha value is -3.82. The van der Waals surface area contributed by atoms with E-state index >= 15 is 0 Å². The molecule has 1 aromatic heterocycles. The Morgan fingerprint density at radius 2 is 1.50 bits per heavy atom. The van der Waals surface area contributed by atoms with Gasteiger partial charge in [0.25, 0.3) is 11.4 Å². The van der Waals surface area contributed by atoms with Crippen molar-refractivity contribution in [2.45, 2.75) is 0 Å². The minimum Gasteiger partial charge on any atom is -0.508 e. The number of non-ortho nitro benzene ring substituents is 2. The van der Waals surface area contributed by atoms with Gasteiger partial charge in [-0.3, -0.25) is 25.3 Å². The normalized spacial score (nSPS) is 10.5. The highest BCUT2D eigenvalue weighted by Gasteiger charge is 2.19. The Labute approximate surface area is 133 Å². The van der Waals surface area contributed by atoms with Crippen LogP contribution in [0.5, 0.6) is 5.75 Å². The van der Waals surface area contributed by atoms with E-state index in [2.05, 4.69) is 15.2 Å². The Bertz CT molecular complexity index is 903. The number of aromatic amines is 1. The van der Waals surface area contributed by atoms with Gasteiger partial charge in [-0.25, -0.2) is 4.98 Å². The largest absolute Gasteiger partial charge is 0.508 e. The van der Waals surface area contributed by atoms with Crippen molar-refractivity contribution in [2.75, 3.05) is 0 Å². The number of aromatic hydroxyl groups is 1. The lowest BCUT2D eigenvalue weighted by molar-refractivity contribution is -0.394. The zero-order valence-electron chi connectivity index (χ0n) is 11.9. The SMILES string of the molecule is O=[N+]([O-])c1cc(-c2n[nH]c(-c3ccc(O)cc3)n2)cc([N+](=O)[O-])c1. The van der Waals surface area contributed by atoms with Crippen molar-refractivity contribution in [3.05, 3.63) is 62.7 Å². The van der Waals surface area contributed by atoms with Gasteiger partial charge in [0.05, 0.1) is 15.9 Å². The van der Waals surface area contributed by atoms with Crippen molar-refractivity contribution < 1.29 is 15.0 Å². The fourth-order valence-electron chi connectivity index (χ4n) is 2.07. The molecular formula is C14H9N5O5. The van der Waals surface area contributed by atoms with Gasteiger partial charge < -0.3 is 5.11 Å². The van der Waals surface area contributed by atoms with Crippen molar-refractivity contribution in [3.8, 4) is 28.5 Å². The fraction of sp³-hybridized carbons (Fsp3) is 0. The molecule has 3 rings (SSSR count). The Kier molecular flexibility index (Phi) is 3.62. The molecule has 120 valence electrons. The molecule has 0 atom stereocenters. The van der Waals surface area contributed by atoms with Crippen LogP contribution in [-0.4, -0.2) is 30.1 Å². The summed E-state index contributed by atoms with van der Waals surface area (Å²) in [5, 5.41) is 37.7. The lowest BCUT2D eigenvalue weighted by atomic mass is 10.1.